The van der Waals surface area contributed by atoms with Gasteiger partial charge in [0.15, 0.2) is 0 Å². The van der Waals surface area contributed by atoms with Crippen LogP contribution in [0.2, 0.25) is 0 Å². The number of aliphatic hydroxyl groups is 4. The number of aliphatic hydroxyl groups excluding tert-OH is 4. The summed E-state index contributed by atoms with van der Waals surface area (Å²) in [5, 5.41) is 80.9. The van der Waals surface area contributed by atoms with Crippen molar-refractivity contribution in [1.29, 1.82) is 0 Å². The van der Waals surface area contributed by atoms with Crippen LogP contribution >= 0.6 is 25.3 Å². The summed E-state index contributed by atoms with van der Waals surface area (Å²) in [5.41, 5.74) is 5.70. The van der Waals surface area contributed by atoms with Crippen molar-refractivity contribution in [2.24, 2.45) is 23.5 Å². The van der Waals surface area contributed by atoms with Gasteiger partial charge in [-0.25, -0.2) is 4.79 Å². The normalized spacial score (nSPS) is 17.6. The van der Waals surface area contributed by atoms with Crippen LogP contribution in [0.4, 0.5) is 0 Å². The number of hydrogen-bond acceptors (Lipinski definition) is 18. The molecule has 0 spiro atoms. The van der Waals surface area contributed by atoms with Gasteiger partial charge in [-0.2, -0.15) is 25.3 Å². The van der Waals surface area contributed by atoms with E-state index in [1.165, 1.54) is 6.92 Å². The number of carboxylic acid groups (broad SMARTS) is 2. The van der Waals surface area contributed by atoms with Crippen molar-refractivity contribution in [3.05, 3.63) is 0 Å². The Hall–Kier alpha value is -5.33. The van der Waals surface area contributed by atoms with Gasteiger partial charge in [-0.1, -0.05) is 54.4 Å². The molecule has 0 bridgehead atoms. The van der Waals surface area contributed by atoms with Crippen molar-refractivity contribution < 1.29 is 83.4 Å². The van der Waals surface area contributed by atoms with Crippen molar-refractivity contribution in [1.82, 2.24) is 47.9 Å². The Balaban J connectivity index is 6.47. The lowest BCUT2D eigenvalue weighted by Crippen LogP contribution is -2.64. The Bertz CT molecular complexity index is 1880. The van der Waals surface area contributed by atoms with Crippen LogP contribution in [-0.2, 0) is 52.7 Å². The number of rotatable bonds is 33. The van der Waals surface area contributed by atoms with Crippen LogP contribution in [0.25, 0.3) is 0 Å². The second-order valence-electron chi connectivity index (χ2n) is 17.9. The Kier molecular flexibility index (Phi) is 30.3. The Morgan fingerprint density at radius 1 is 0.444 bits per heavy atom. The van der Waals surface area contributed by atoms with E-state index in [-0.39, 0.29) is 30.3 Å². The van der Waals surface area contributed by atoms with Crippen molar-refractivity contribution in [3.63, 3.8) is 0 Å². The minimum absolute atomic E-state index is 0.0750. The van der Waals surface area contributed by atoms with E-state index in [1.807, 2.05) is 0 Å². The molecule has 0 aromatic heterocycles. The van der Waals surface area contributed by atoms with E-state index in [9.17, 15) is 83.4 Å². The largest absolute Gasteiger partial charge is 0.481 e. The first-order valence-electron chi connectivity index (χ1n) is 23.2. The minimum Gasteiger partial charge on any atom is -0.481 e. The lowest BCUT2D eigenvalue weighted by Gasteiger charge is -2.32. The highest BCUT2D eigenvalue weighted by molar-refractivity contribution is 7.80. The molecule has 0 aliphatic rings. The van der Waals surface area contributed by atoms with Gasteiger partial charge in [-0.3, -0.25) is 47.9 Å². The third-order valence-corrected chi connectivity index (χ3v) is 12.0. The third kappa shape index (κ3) is 22.2. The quantitative estimate of drug-likeness (QED) is 0.0273. The highest BCUT2D eigenvalue weighted by Gasteiger charge is 2.39. The highest BCUT2D eigenvalue weighted by atomic mass is 32.1. The molecule has 27 nitrogen and oxygen atoms in total. The summed E-state index contributed by atoms with van der Waals surface area (Å²) in [4.78, 5) is 144. The van der Waals surface area contributed by atoms with Gasteiger partial charge in [-0.05, 0) is 44.9 Å². The third-order valence-electron chi connectivity index (χ3n) is 11.3. The zero-order chi connectivity index (χ0) is 55.9. The topological polar surface area (TPSA) is 443 Å². The molecule has 17 N–H and O–H groups in total. The van der Waals surface area contributed by atoms with Crippen molar-refractivity contribution >= 4 is 90.4 Å². The maximum absolute atomic E-state index is 13.9. The van der Waals surface area contributed by atoms with E-state index in [0.29, 0.717) is 6.42 Å². The molecule has 72 heavy (non-hydrogen) atoms. The Labute approximate surface area is 428 Å². The van der Waals surface area contributed by atoms with E-state index < -0.39 is 169 Å². The van der Waals surface area contributed by atoms with Crippen LogP contribution in [0, 0.1) is 17.8 Å². The predicted octanol–water partition coefficient (Wildman–Crippen LogP) is -5.63. The SMILES string of the molecule is CC[C@H](C)[C@H](NC(=O)[C@@H](NC(=O)[C@@H](N)CS)[C@@H](C)O)C(=O)N[C@H](C(=O)N[C@H](C(=O)N[C@@H](CO)C(=O)N[C@@H](CC(C)C)C(=O)N[C@@H](CC(=O)O)C(=O)N[C@H](C(=O)N[C@@H](CS)C(=O)O)[C@@H](C)O)[C@@H](C)O)[C@@H](C)CC. The van der Waals surface area contributed by atoms with Gasteiger partial charge in [0.1, 0.15) is 54.4 Å². The van der Waals surface area contributed by atoms with Gasteiger partial charge in [0.2, 0.25) is 53.2 Å². The first kappa shape index (κ1) is 66.7. The first-order chi connectivity index (χ1) is 33.4. The van der Waals surface area contributed by atoms with E-state index in [1.54, 1.807) is 41.5 Å². The number of carbonyl (C=O) groups is 11. The molecule has 412 valence electrons. The highest BCUT2D eigenvalue weighted by Crippen LogP contribution is 2.14. The summed E-state index contributed by atoms with van der Waals surface area (Å²) in [5.74, 6) is -14.8. The molecule has 15 atom stereocenters. The van der Waals surface area contributed by atoms with E-state index in [0.717, 1.165) is 13.8 Å². The number of nitrogens with one attached hydrogen (secondary N) is 9. The molecule has 29 heteroatoms. The lowest BCUT2D eigenvalue weighted by molar-refractivity contribution is -0.143. The summed E-state index contributed by atoms with van der Waals surface area (Å²) >= 11 is 7.80. The molecule has 0 aliphatic carbocycles. The second-order valence-corrected chi connectivity index (χ2v) is 18.6. The van der Waals surface area contributed by atoms with Gasteiger partial charge in [0.05, 0.1) is 37.4 Å². The molecule has 0 aliphatic heterocycles. The zero-order valence-corrected chi connectivity index (χ0v) is 43.6. The van der Waals surface area contributed by atoms with Crippen molar-refractivity contribution in [3.8, 4) is 0 Å². The van der Waals surface area contributed by atoms with E-state index in [4.69, 9.17) is 5.73 Å². The molecule has 0 rings (SSSR count). The minimum atomic E-state index is -1.95. The van der Waals surface area contributed by atoms with Gasteiger partial charge in [0.25, 0.3) is 0 Å². The van der Waals surface area contributed by atoms with Gasteiger partial charge in [-0.15, -0.1) is 0 Å². The maximum Gasteiger partial charge on any atom is 0.327 e. The first-order valence-corrected chi connectivity index (χ1v) is 24.5. The van der Waals surface area contributed by atoms with Gasteiger partial charge < -0.3 is 84.2 Å². The summed E-state index contributed by atoms with van der Waals surface area (Å²) < 4.78 is 0. The monoisotopic (exact) mass is 1070 g/mol. The summed E-state index contributed by atoms with van der Waals surface area (Å²) in [6.45, 7) is 12.2. The Morgan fingerprint density at radius 3 is 1.11 bits per heavy atom. The summed E-state index contributed by atoms with van der Waals surface area (Å²) in [7, 11) is 0. The van der Waals surface area contributed by atoms with Crippen LogP contribution in [0.5, 0.6) is 0 Å². The van der Waals surface area contributed by atoms with Crippen LogP contribution in [0.15, 0.2) is 0 Å². The van der Waals surface area contributed by atoms with Gasteiger partial charge >= 0.3 is 11.9 Å². The van der Waals surface area contributed by atoms with Crippen LogP contribution in [0.3, 0.4) is 0 Å². The van der Waals surface area contributed by atoms with E-state index >= 15 is 0 Å². The lowest BCUT2D eigenvalue weighted by atomic mass is 9.94. The zero-order valence-electron chi connectivity index (χ0n) is 41.8. The molecule has 0 saturated heterocycles. The number of carboxylic acids is 2. The fourth-order valence-corrected chi connectivity index (χ4v) is 6.89. The summed E-state index contributed by atoms with van der Waals surface area (Å²) in [6.07, 6.45) is -5.44. The molecule has 0 radical (unpaired) electrons. The number of nitrogens with two attached hydrogens (primary N) is 1. The average Bonchev–Trinajstić information content (AvgIpc) is 3.30. The number of carbonyl (C=O) groups excluding carboxylic acids is 9. The number of hydrogen-bond donors (Lipinski definition) is 18. The molecular formula is C43H76N10O17S2. The standard InChI is InChI=1S/C43H76N10O17S2/c1-10-18(5)29(50-42(68)33(22(9)57)51-34(60)23(44)15-71)38(64)49-30(19(6)11-2)39(65)53-32(21(8)56)40(66)47-26(14-54)37(63)45-24(12-17(3)4)35(61)46-25(13-28(58)59)36(62)52-31(20(7)55)41(67)48-27(16-72)43(69)70/h17-27,29-33,54-57,71-72H,10-16,44H2,1-9H3,(H,45,63)(H,46,61)(H,47,66)(H,48,67)(H,49,64)(H,50,68)(H,51,60)(H,52,62)(H,53,65)(H,58,59)(H,69,70)/t18-,19-,20+,21+,22+,23-,24-,25-,26-,27-,29-,30-,31-,32-,33-/m0/s1. The number of thiol groups is 2. The van der Waals surface area contributed by atoms with Crippen molar-refractivity contribution in [2.75, 3.05) is 18.1 Å². The second kappa shape index (κ2) is 32.7. The van der Waals surface area contributed by atoms with Crippen molar-refractivity contribution in [2.45, 2.75) is 167 Å². The molecule has 0 saturated carbocycles. The van der Waals surface area contributed by atoms with E-state index in [2.05, 4.69) is 73.1 Å². The van der Waals surface area contributed by atoms with Gasteiger partial charge in [0, 0.05) is 11.5 Å². The number of amides is 9. The van der Waals surface area contributed by atoms with Crippen LogP contribution < -0.4 is 53.6 Å². The van der Waals surface area contributed by atoms with Crippen LogP contribution in [-0.4, -0.2) is 193 Å². The molecule has 0 fully saturated rings. The number of aliphatic carboxylic acids is 2. The Morgan fingerprint density at radius 2 is 0.764 bits per heavy atom. The molecule has 0 heterocycles. The molecule has 9 amide bonds. The molecule has 0 unspecified atom stereocenters. The molecular weight excluding hydrogens is 993 g/mol. The smallest absolute Gasteiger partial charge is 0.327 e. The molecule has 0 aromatic rings. The predicted molar refractivity (Wildman–Crippen MR) is 263 cm³/mol. The maximum atomic E-state index is 13.9. The van der Waals surface area contributed by atoms with Crippen LogP contribution in [0.1, 0.15) is 88.0 Å². The fraction of sp³-hybridized carbons (Fsp3) is 0.744. The summed E-state index contributed by atoms with van der Waals surface area (Å²) in [6, 6.07) is -16.1. The molecule has 0 aromatic carbocycles. The fourth-order valence-electron chi connectivity index (χ4n) is 6.48. The average molecular weight is 1070 g/mol.